The van der Waals surface area contributed by atoms with Gasteiger partial charge in [0.25, 0.3) is 0 Å². The molecule has 0 amide bonds. The minimum atomic E-state index is 0.166. The molecule has 66 valence electrons. The normalized spacial score (nSPS) is 27.3. The number of nitrogens with two attached hydrogens (primary N) is 1. The summed E-state index contributed by atoms with van der Waals surface area (Å²) >= 11 is 0. The first-order valence-electron chi connectivity index (χ1n) is 4.26. The molecule has 1 rings (SSSR count). The van der Waals surface area contributed by atoms with Gasteiger partial charge in [0.15, 0.2) is 0 Å². The summed E-state index contributed by atoms with van der Waals surface area (Å²) in [6.07, 6.45) is 2.80. The summed E-state index contributed by atoms with van der Waals surface area (Å²) in [7, 11) is 0. The molecule has 0 unspecified atom stereocenters. The molecule has 0 saturated carbocycles. The Labute approximate surface area is 67.9 Å². The Kier molecular flexibility index (Phi) is 3.83. The SMILES string of the molecule is C[C@@H](CN)OC[C@H]1CCCO1. The van der Waals surface area contributed by atoms with Gasteiger partial charge in [-0.1, -0.05) is 0 Å². The Balaban J connectivity index is 2.01. The quantitative estimate of drug-likeness (QED) is 0.650. The zero-order valence-corrected chi connectivity index (χ0v) is 7.08. The maximum atomic E-state index is 5.43. The van der Waals surface area contributed by atoms with Crippen molar-refractivity contribution in [3.63, 3.8) is 0 Å². The summed E-state index contributed by atoms with van der Waals surface area (Å²) in [5.41, 5.74) is 5.39. The maximum Gasteiger partial charge on any atom is 0.0809 e. The van der Waals surface area contributed by atoms with Crippen molar-refractivity contribution in [3.05, 3.63) is 0 Å². The Hall–Kier alpha value is -0.120. The minimum Gasteiger partial charge on any atom is -0.376 e. The number of rotatable bonds is 4. The van der Waals surface area contributed by atoms with Gasteiger partial charge >= 0.3 is 0 Å². The van der Waals surface area contributed by atoms with Crippen molar-refractivity contribution in [2.45, 2.75) is 32.0 Å². The predicted octanol–water partition coefficient (Wildman–Crippen LogP) is 0.529. The molecule has 11 heavy (non-hydrogen) atoms. The summed E-state index contributed by atoms with van der Waals surface area (Å²) < 4.78 is 10.8. The summed E-state index contributed by atoms with van der Waals surface area (Å²) in [5.74, 6) is 0. The molecule has 2 atom stereocenters. The minimum absolute atomic E-state index is 0.166. The van der Waals surface area contributed by atoms with Crippen molar-refractivity contribution < 1.29 is 9.47 Å². The van der Waals surface area contributed by atoms with E-state index in [1.54, 1.807) is 0 Å². The summed E-state index contributed by atoms with van der Waals surface area (Å²) in [5, 5.41) is 0. The molecule has 3 nitrogen and oxygen atoms in total. The van der Waals surface area contributed by atoms with Crippen molar-refractivity contribution in [1.82, 2.24) is 0 Å². The number of ether oxygens (including phenoxy) is 2. The van der Waals surface area contributed by atoms with Crippen LogP contribution < -0.4 is 5.73 Å². The van der Waals surface area contributed by atoms with Crippen LogP contribution in [0.1, 0.15) is 19.8 Å². The first-order chi connectivity index (χ1) is 5.33. The Morgan fingerprint density at radius 2 is 2.55 bits per heavy atom. The summed E-state index contributed by atoms with van der Waals surface area (Å²) in [6.45, 7) is 4.17. The molecule has 1 saturated heterocycles. The molecule has 0 aromatic heterocycles. The Morgan fingerprint density at radius 1 is 1.73 bits per heavy atom. The van der Waals surface area contributed by atoms with Crippen LogP contribution in [0.2, 0.25) is 0 Å². The van der Waals surface area contributed by atoms with Gasteiger partial charge in [-0.2, -0.15) is 0 Å². The monoisotopic (exact) mass is 159 g/mol. The molecule has 3 heteroatoms. The summed E-state index contributed by atoms with van der Waals surface area (Å²) in [4.78, 5) is 0. The third kappa shape index (κ3) is 3.18. The fraction of sp³-hybridized carbons (Fsp3) is 1.00. The maximum absolute atomic E-state index is 5.43. The average Bonchev–Trinajstić information content (AvgIpc) is 2.52. The third-order valence-electron chi connectivity index (χ3n) is 1.92. The van der Waals surface area contributed by atoms with E-state index < -0.39 is 0 Å². The molecule has 0 aliphatic carbocycles. The van der Waals surface area contributed by atoms with Crippen LogP contribution in [0.25, 0.3) is 0 Å². The summed E-state index contributed by atoms with van der Waals surface area (Å²) in [6, 6.07) is 0. The average molecular weight is 159 g/mol. The molecule has 2 N–H and O–H groups in total. The first-order valence-corrected chi connectivity index (χ1v) is 4.26. The van der Waals surface area contributed by atoms with E-state index in [9.17, 15) is 0 Å². The molecule has 0 radical (unpaired) electrons. The van der Waals surface area contributed by atoms with Crippen LogP contribution in [-0.2, 0) is 9.47 Å². The van der Waals surface area contributed by atoms with Gasteiger partial charge in [0.2, 0.25) is 0 Å². The van der Waals surface area contributed by atoms with Gasteiger partial charge in [-0.3, -0.25) is 0 Å². The lowest BCUT2D eigenvalue weighted by molar-refractivity contribution is -0.0106. The van der Waals surface area contributed by atoms with Crippen LogP contribution in [0.3, 0.4) is 0 Å². The van der Waals surface area contributed by atoms with E-state index >= 15 is 0 Å². The van der Waals surface area contributed by atoms with Crippen LogP contribution >= 0.6 is 0 Å². The van der Waals surface area contributed by atoms with E-state index in [4.69, 9.17) is 15.2 Å². The Morgan fingerprint density at radius 3 is 3.09 bits per heavy atom. The molecule has 0 aromatic carbocycles. The topological polar surface area (TPSA) is 44.5 Å². The van der Waals surface area contributed by atoms with Crippen molar-refractivity contribution in [1.29, 1.82) is 0 Å². The molecule has 1 aliphatic rings. The highest BCUT2D eigenvalue weighted by Gasteiger charge is 2.16. The van der Waals surface area contributed by atoms with E-state index in [1.807, 2.05) is 6.92 Å². The molecular formula is C8H17NO2. The van der Waals surface area contributed by atoms with Gasteiger partial charge in [0.1, 0.15) is 0 Å². The first kappa shape index (κ1) is 8.97. The van der Waals surface area contributed by atoms with Gasteiger partial charge in [0, 0.05) is 13.2 Å². The highest BCUT2D eigenvalue weighted by atomic mass is 16.5. The largest absolute Gasteiger partial charge is 0.376 e. The van der Waals surface area contributed by atoms with Crippen LogP contribution in [0.5, 0.6) is 0 Å². The van der Waals surface area contributed by atoms with Crippen LogP contribution in [0, 0.1) is 0 Å². The molecule has 1 fully saturated rings. The molecule has 0 spiro atoms. The molecule has 1 aliphatic heterocycles. The van der Waals surface area contributed by atoms with E-state index in [-0.39, 0.29) is 6.10 Å². The predicted molar refractivity (Wildman–Crippen MR) is 43.4 cm³/mol. The Bertz CT molecular complexity index is 102. The lowest BCUT2D eigenvalue weighted by Crippen LogP contribution is -2.25. The fourth-order valence-corrected chi connectivity index (χ4v) is 1.12. The van der Waals surface area contributed by atoms with Crippen LogP contribution in [0.15, 0.2) is 0 Å². The fourth-order valence-electron chi connectivity index (χ4n) is 1.12. The van der Waals surface area contributed by atoms with Crippen molar-refractivity contribution >= 4 is 0 Å². The van der Waals surface area contributed by atoms with E-state index in [0.717, 1.165) is 13.0 Å². The highest BCUT2D eigenvalue weighted by molar-refractivity contribution is 4.64. The van der Waals surface area contributed by atoms with Gasteiger partial charge in [0.05, 0.1) is 18.8 Å². The van der Waals surface area contributed by atoms with Crippen molar-refractivity contribution in [2.75, 3.05) is 19.8 Å². The second-order valence-electron chi connectivity index (χ2n) is 3.01. The second kappa shape index (κ2) is 4.70. The smallest absolute Gasteiger partial charge is 0.0809 e. The van der Waals surface area contributed by atoms with Crippen LogP contribution in [0.4, 0.5) is 0 Å². The lowest BCUT2D eigenvalue weighted by atomic mass is 10.2. The zero-order valence-electron chi connectivity index (χ0n) is 7.08. The van der Waals surface area contributed by atoms with Gasteiger partial charge in [-0.05, 0) is 19.8 Å². The zero-order chi connectivity index (χ0) is 8.10. The second-order valence-corrected chi connectivity index (χ2v) is 3.01. The van der Waals surface area contributed by atoms with Crippen molar-refractivity contribution in [3.8, 4) is 0 Å². The third-order valence-corrected chi connectivity index (χ3v) is 1.92. The molecule has 1 heterocycles. The van der Waals surface area contributed by atoms with E-state index in [1.165, 1.54) is 6.42 Å². The van der Waals surface area contributed by atoms with Crippen LogP contribution in [-0.4, -0.2) is 32.0 Å². The molecule has 0 aromatic rings. The highest BCUT2D eigenvalue weighted by Crippen LogP contribution is 2.12. The van der Waals surface area contributed by atoms with Gasteiger partial charge in [-0.15, -0.1) is 0 Å². The number of hydrogen-bond donors (Lipinski definition) is 1. The van der Waals surface area contributed by atoms with E-state index in [0.29, 0.717) is 19.3 Å². The van der Waals surface area contributed by atoms with Crippen molar-refractivity contribution in [2.24, 2.45) is 5.73 Å². The lowest BCUT2D eigenvalue weighted by Gasteiger charge is -2.14. The molecular weight excluding hydrogens is 142 g/mol. The van der Waals surface area contributed by atoms with E-state index in [2.05, 4.69) is 0 Å². The number of hydrogen-bond acceptors (Lipinski definition) is 3. The standard InChI is InChI=1S/C8H17NO2/c1-7(5-9)11-6-8-3-2-4-10-8/h7-8H,2-6,9H2,1H3/t7-,8+/m0/s1. The molecule has 0 bridgehead atoms. The van der Waals surface area contributed by atoms with Gasteiger partial charge in [-0.25, -0.2) is 0 Å². The van der Waals surface area contributed by atoms with Gasteiger partial charge < -0.3 is 15.2 Å².